The van der Waals surface area contributed by atoms with Crippen molar-refractivity contribution in [3.05, 3.63) is 71.8 Å². The summed E-state index contributed by atoms with van der Waals surface area (Å²) >= 11 is 0. The van der Waals surface area contributed by atoms with E-state index in [0.717, 1.165) is 26.0 Å². The fourth-order valence-corrected chi connectivity index (χ4v) is 5.11. The molecule has 176 valence electrons. The van der Waals surface area contributed by atoms with Crippen molar-refractivity contribution < 1.29 is 4.74 Å². The number of rotatable bonds is 13. The van der Waals surface area contributed by atoms with Gasteiger partial charge in [0.25, 0.3) is 0 Å². The third kappa shape index (κ3) is 7.18. The molecule has 0 bridgehead atoms. The number of benzene rings is 2. The second-order valence-corrected chi connectivity index (χ2v) is 10.8. The Morgan fingerprint density at radius 3 is 1.78 bits per heavy atom. The van der Waals surface area contributed by atoms with Crippen LogP contribution in [0, 0.1) is 5.41 Å². The van der Waals surface area contributed by atoms with E-state index in [-0.39, 0.29) is 0 Å². The number of unbranched alkanes of at least 4 members (excludes halogenated alkanes) is 6. The molecule has 0 aliphatic carbocycles. The number of hydrogen-bond acceptors (Lipinski definition) is 2. The fraction of sp³-hybridized carbons (Fsp3) is 0.600. The summed E-state index contributed by atoms with van der Waals surface area (Å²) in [6, 6.07) is 22.1. The van der Waals surface area contributed by atoms with Crippen LogP contribution in [0.1, 0.15) is 96.1 Å². The van der Waals surface area contributed by atoms with Gasteiger partial charge in [0, 0.05) is 12.6 Å². The summed E-state index contributed by atoms with van der Waals surface area (Å²) in [4.78, 5) is 0. The van der Waals surface area contributed by atoms with E-state index in [2.05, 4.69) is 86.8 Å². The molecule has 1 saturated heterocycles. The first kappa shape index (κ1) is 25.0. The van der Waals surface area contributed by atoms with Gasteiger partial charge in [0.1, 0.15) is 5.60 Å². The number of hydrogen-bond donors (Lipinski definition) is 1. The molecule has 32 heavy (non-hydrogen) atoms. The normalized spacial score (nSPS) is 17.0. The summed E-state index contributed by atoms with van der Waals surface area (Å²) < 4.78 is 6.91. The summed E-state index contributed by atoms with van der Waals surface area (Å²) in [5, 5.41) is 3.76. The van der Waals surface area contributed by atoms with Crippen molar-refractivity contribution >= 4 is 0 Å². The van der Waals surface area contributed by atoms with Crippen molar-refractivity contribution in [1.29, 1.82) is 0 Å². The Hall–Kier alpha value is -1.64. The number of ether oxygens (including phenoxy) is 1. The predicted molar refractivity (Wildman–Crippen MR) is 137 cm³/mol. The maximum absolute atomic E-state index is 6.91. The van der Waals surface area contributed by atoms with Gasteiger partial charge in [-0.15, -0.1) is 0 Å². The Kier molecular flexibility index (Phi) is 9.81. The lowest BCUT2D eigenvalue weighted by Crippen LogP contribution is -2.48. The van der Waals surface area contributed by atoms with Gasteiger partial charge in [-0.3, -0.25) is 0 Å². The van der Waals surface area contributed by atoms with Gasteiger partial charge in [-0.25, -0.2) is 0 Å². The molecule has 2 aromatic carbocycles. The highest BCUT2D eigenvalue weighted by Gasteiger charge is 2.44. The highest BCUT2D eigenvalue weighted by Crippen LogP contribution is 2.40. The molecule has 0 radical (unpaired) electrons. The van der Waals surface area contributed by atoms with Gasteiger partial charge < -0.3 is 10.1 Å². The van der Waals surface area contributed by atoms with Crippen LogP contribution < -0.4 is 5.32 Å². The molecule has 0 aromatic heterocycles. The first-order chi connectivity index (χ1) is 15.5. The molecule has 2 aromatic rings. The molecule has 3 rings (SSSR count). The third-order valence-electron chi connectivity index (χ3n) is 6.86. The molecule has 1 atom stereocenters. The van der Waals surface area contributed by atoms with Crippen LogP contribution in [0.15, 0.2) is 60.7 Å². The van der Waals surface area contributed by atoms with Gasteiger partial charge in [0.05, 0.1) is 0 Å². The zero-order valence-corrected chi connectivity index (χ0v) is 20.7. The molecule has 1 aliphatic heterocycles. The predicted octanol–water partition coefficient (Wildman–Crippen LogP) is 7.87. The van der Waals surface area contributed by atoms with Crippen molar-refractivity contribution in [2.24, 2.45) is 5.41 Å². The molecule has 1 heterocycles. The molecule has 2 nitrogen and oxygen atoms in total. The number of nitrogens with one attached hydrogen (secondary N) is 1. The van der Waals surface area contributed by atoms with E-state index in [1.165, 1.54) is 62.5 Å². The van der Waals surface area contributed by atoms with Gasteiger partial charge in [-0.1, -0.05) is 120 Å². The first-order valence-corrected chi connectivity index (χ1v) is 13.0. The van der Waals surface area contributed by atoms with Crippen LogP contribution in [0.25, 0.3) is 0 Å². The lowest BCUT2D eigenvalue weighted by molar-refractivity contribution is -0.0437. The molecule has 1 aliphatic rings. The molecule has 0 saturated carbocycles. The van der Waals surface area contributed by atoms with Crippen LogP contribution in [0.3, 0.4) is 0 Å². The van der Waals surface area contributed by atoms with Crippen LogP contribution >= 0.6 is 0 Å². The second kappa shape index (κ2) is 12.6. The average Bonchev–Trinajstić information content (AvgIpc) is 3.33. The molecule has 2 heteroatoms. The quantitative estimate of drug-likeness (QED) is 0.323. The van der Waals surface area contributed by atoms with E-state index in [4.69, 9.17) is 4.74 Å². The van der Waals surface area contributed by atoms with E-state index >= 15 is 0 Å². The molecule has 1 fully saturated rings. The van der Waals surface area contributed by atoms with Crippen molar-refractivity contribution in [2.75, 3.05) is 13.2 Å². The largest absolute Gasteiger partial charge is 0.364 e. The molecular weight excluding hydrogens is 390 g/mol. The van der Waals surface area contributed by atoms with Crippen LogP contribution in [-0.2, 0) is 10.3 Å². The minimum Gasteiger partial charge on any atom is -0.364 e. The van der Waals surface area contributed by atoms with Crippen molar-refractivity contribution in [1.82, 2.24) is 5.32 Å². The second-order valence-electron chi connectivity index (χ2n) is 10.8. The Morgan fingerprint density at radius 1 is 0.750 bits per heavy atom. The summed E-state index contributed by atoms with van der Waals surface area (Å²) in [5.41, 5.74) is 2.61. The monoisotopic (exact) mass is 435 g/mol. The van der Waals surface area contributed by atoms with Gasteiger partial charge in [0.15, 0.2) is 0 Å². The maximum atomic E-state index is 6.91. The van der Waals surface area contributed by atoms with E-state index in [1.54, 1.807) is 0 Å². The lowest BCUT2D eigenvalue weighted by Gasteiger charge is -2.40. The fourth-order valence-electron chi connectivity index (χ4n) is 5.11. The Morgan fingerprint density at radius 2 is 1.28 bits per heavy atom. The Labute approximate surface area is 197 Å². The van der Waals surface area contributed by atoms with E-state index in [0.29, 0.717) is 11.5 Å². The van der Waals surface area contributed by atoms with E-state index in [9.17, 15) is 0 Å². The van der Waals surface area contributed by atoms with Crippen molar-refractivity contribution in [3.63, 3.8) is 0 Å². The first-order valence-electron chi connectivity index (χ1n) is 13.0. The van der Waals surface area contributed by atoms with Crippen molar-refractivity contribution in [2.45, 2.75) is 96.6 Å². The molecule has 1 N–H and O–H groups in total. The SMILES string of the molecule is CC(C)(C)CCCCCCCCCOC(c1ccccc1)(c1ccccc1)[C@@H]1CCCN1. The Balaban J connectivity index is 1.55. The summed E-state index contributed by atoms with van der Waals surface area (Å²) in [5.74, 6) is 0. The van der Waals surface area contributed by atoms with Gasteiger partial charge >= 0.3 is 0 Å². The lowest BCUT2D eigenvalue weighted by atomic mass is 9.79. The minimum atomic E-state index is -0.411. The minimum absolute atomic E-state index is 0.315. The van der Waals surface area contributed by atoms with Gasteiger partial charge in [-0.2, -0.15) is 0 Å². The smallest absolute Gasteiger partial charge is 0.133 e. The Bertz CT molecular complexity index is 704. The summed E-state index contributed by atoms with van der Waals surface area (Å²) in [6.07, 6.45) is 12.9. The highest BCUT2D eigenvalue weighted by molar-refractivity contribution is 5.39. The topological polar surface area (TPSA) is 21.3 Å². The average molecular weight is 436 g/mol. The van der Waals surface area contributed by atoms with Crippen LogP contribution in [-0.4, -0.2) is 19.2 Å². The zero-order chi connectivity index (χ0) is 22.7. The summed E-state index contributed by atoms with van der Waals surface area (Å²) in [7, 11) is 0. The maximum Gasteiger partial charge on any atom is 0.133 e. The van der Waals surface area contributed by atoms with E-state index < -0.39 is 5.60 Å². The van der Waals surface area contributed by atoms with E-state index in [1.807, 2.05) is 0 Å². The molecule has 0 amide bonds. The highest BCUT2D eigenvalue weighted by atomic mass is 16.5. The van der Waals surface area contributed by atoms with Gasteiger partial charge in [0.2, 0.25) is 0 Å². The van der Waals surface area contributed by atoms with Crippen LogP contribution in [0.4, 0.5) is 0 Å². The third-order valence-corrected chi connectivity index (χ3v) is 6.86. The molecular formula is C30H45NO. The molecule has 0 spiro atoms. The van der Waals surface area contributed by atoms with Crippen LogP contribution in [0.5, 0.6) is 0 Å². The molecule has 0 unspecified atom stereocenters. The zero-order valence-electron chi connectivity index (χ0n) is 20.7. The van der Waals surface area contributed by atoms with Gasteiger partial charge in [-0.05, 0) is 48.8 Å². The van der Waals surface area contributed by atoms with Crippen molar-refractivity contribution in [3.8, 4) is 0 Å². The standard InChI is InChI=1S/C30H45NO/c1-29(2,3)23-15-7-5-4-6-8-16-25-32-30(28-22-17-24-31-28,26-18-11-9-12-19-26)27-20-13-10-14-21-27/h9-14,18-21,28,31H,4-8,15-17,22-25H2,1-3H3/t28-/m0/s1. The summed E-state index contributed by atoms with van der Waals surface area (Å²) in [6.45, 7) is 8.92. The van der Waals surface area contributed by atoms with Crippen LogP contribution in [0.2, 0.25) is 0 Å².